The average molecular weight is 315 g/mol. The Morgan fingerprint density at radius 1 is 1.23 bits per heavy atom. The summed E-state index contributed by atoms with van der Waals surface area (Å²) in [6.07, 6.45) is 1.51. The summed E-state index contributed by atoms with van der Waals surface area (Å²) in [5.74, 6) is 1.39. The molecular formula is C17H17NO3S. The molecule has 0 unspecified atom stereocenters. The van der Waals surface area contributed by atoms with Crippen molar-refractivity contribution in [1.82, 2.24) is 4.90 Å². The first kappa shape index (κ1) is 13.6. The zero-order valence-electron chi connectivity index (χ0n) is 12.1. The molecule has 0 bridgehead atoms. The minimum Gasteiger partial charge on any atom is -0.485 e. The second-order valence-corrected chi connectivity index (χ2v) is 6.39. The smallest absolute Gasteiger partial charge is 0.267 e. The Kier molecular flexibility index (Phi) is 3.50. The standard InChI is InChI=1S/C17H17NO3S/c19-17(16-10-20-14-5-1-2-6-15(14)21-16)18-8-3-4-13(18)12-7-9-22-11-12/h1-2,5-7,9,11,13,16H,3-4,8,10H2/t13-,16-/m0/s1. The fourth-order valence-corrected chi connectivity index (χ4v) is 3.87. The molecule has 1 aromatic carbocycles. The van der Waals surface area contributed by atoms with Crippen LogP contribution in [0.5, 0.6) is 11.5 Å². The second-order valence-electron chi connectivity index (χ2n) is 5.61. The van der Waals surface area contributed by atoms with Crippen LogP contribution in [0.3, 0.4) is 0 Å². The minimum atomic E-state index is -0.547. The van der Waals surface area contributed by atoms with E-state index in [-0.39, 0.29) is 18.6 Å². The maximum absolute atomic E-state index is 12.8. The van der Waals surface area contributed by atoms with Gasteiger partial charge in [0.1, 0.15) is 6.61 Å². The van der Waals surface area contributed by atoms with E-state index in [4.69, 9.17) is 9.47 Å². The highest BCUT2D eigenvalue weighted by Crippen LogP contribution is 2.36. The van der Waals surface area contributed by atoms with Gasteiger partial charge in [0.2, 0.25) is 6.10 Å². The van der Waals surface area contributed by atoms with Crippen molar-refractivity contribution in [3.8, 4) is 11.5 Å². The summed E-state index contributed by atoms with van der Waals surface area (Å²) < 4.78 is 11.5. The van der Waals surface area contributed by atoms with E-state index in [9.17, 15) is 4.79 Å². The van der Waals surface area contributed by atoms with Crippen molar-refractivity contribution in [2.45, 2.75) is 25.0 Å². The van der Waals surface area contributed by atoms with E-state index in [1.54, 1.807) is 11.3 Å². The van der Waals surface area contributed by atoms with Crippen LogP contribution < -0.4 is 9.47 Å². The van der Waals surface area contributed by atoms with E-state index >= 15 is 0 Å². The maximum atomic E-state index is 12.8. The monoisotopic (exact) mass is 315 g/mol. The lowest BCUT2D eigenvalue weighted by atomic mass is 10.1. The number of para-hydroxylation sites is 2. The van der Waals surface area contributed by atoms with E-state index in [2.05, 4.69) is 16.8 Å². The van der Waals surface area contributed by atoms with Gasteiger partial charge in [-0.25, -0.2) is 0 Å². The van der Waals surface area contributed by atoms with Gasteiger partial charge < -0.3 is 14.4 Å². The molecule has 3 heterocycles. The summed E-state index contributed by atoms with van der Waals surface area (Å²) in [5.41, 5.74) is 1.23. The van der Waals surface area contributed by atoms with Crippen LogP contribution in [0.25, 0.3) is 0 Å². The molecule has 4 rings (SSSR count). The van der Waals surface area contributed by atoms with Crippen LogP contribution in [0.4, 0.5) is 0 Å². The molecule has 0 radical (unpaired) electrons. The molecule has 1 saturated heterocycles. The lowest BCUT2D eigenvalue weighted by Gasteiger charge is -2.31. The van der Waals surface area contributed by atoms with Gasteiger partial charge >= 0.3 is 0 Å². The quantitative estimate of drug-likeness (QED) is 0.854. The predicted molar refractivity (Wildman–Crippen MR) is 84.4 cm³/mol. The van der Waals surface area contributed by atoms with Crippen molar-refractivity contribution in [3.05, 3.63) is 46.7 Å². The number of carbonyl (C=O) groups is 1. The summed E-state index contributed by atoms with van der Waals surface area (Å²) in [4.78, 5) is 14.8. The number of benzene rings is 1. The van der Waals surface area contributed by atoms with Gasteiger partial charge in [-0.3, -0.25) is 4.79 Å². The molecule has 0 saturated carbocycles. The van der Waals surface area contributed by atoms with E-state index in [1.807, 2.05) is 29.2 Å². The van der Waals surface area contributed by atoms with Crippen LogP contribution in [0.15, 0.2) is 41.1 Å². The highest BCUT2D eigenvalue weighted by molar-refractivity contribution is 7.07. The molecule has 0 N–H and O–H groups in total. The Balaban J connectivity index is 1.52. The van der Waals surface area contributed by atoms with Gasteiger partial charge in [-0.1, -0.05) is 12.1 Å². The molecular weight excluding hydrogens is 298 g/mol. The number of hydrogen-bond donors (Lipinski definition) is 0. The number of amides is 1. The first-order valence-electron chi connectivity index (χ1n) is 7.54. The molecule has 2 aromatic rings. The zero-order chi connectivity index (χ0) is 14.9. The number of thiophene rings is 1. The van der Waals surface area contributed by atoms with Crippen molar-refractivity contribution >= 4 is 17.2 Å². The van der Waals surface area contributed by atoms with Crippen LogP contribution >= 0.6 is 11.3 Å². The van der Waals surface area contributed by atoms with Gasteiger partial charge in [-0.2, -0.15) is 11.3 Å². The Morgan fingerprint density at radius 2 is 2.09 bits per heavy atom. The van der Waals surface area contributed by atoms with Crippen molar-refractivity contribution in [2.75, 3.05) is 13.2 Å². The number of rotatable bonds is 2. The van der Waals surface area contributed by atoms with Crippen LogP contribution in [0, 0.1) is 0 Å². The molecule has 2 atom stereocenters. The van der Waals surface area contributed by atoms with Gasteiger partial charge in [0, 0.05) is 6.54 Å². The molecule has 22 heavy (non-hydrogen) atoms. The average Bonchev–Trinajstić information content (AvgIpc) is 3.24. The summed E-state index contributed by atoms with van der Waals surface area (Å²) in [6.45, 7) is 1.07. The first-order chi connectivity index (χ1) is 10.8. The molecule has 4 nitrogen and oxygen atoms in total. The van der Waals surface area contributed by atoms with Gasteiger partial charge in [-0.15, -0.1) is 0 Å². The van der Waals surface area contributed by atoms with Gasteiger partial charge in [0.15, 0.2) is 11.5 Å². The fraction of sp³-hybridized carbons (Fsp3) is 0.353. The molecule has 2 aliphatic heterocycles. The van der Waals surface area contributed by atoms with Crippen LogP contribution in [-0.2, 0) is 4.79 Å². The van der Waals surface area contributed by atoms with Gasteiger partial charge in [-0.05, 0) is 47.4 Å². The van der Waals surface area contributed by atoms with Crippen molar-refractivity contribution in [1.29, 1.82) is 0 Å². The summed E-state index contributed by atoms with van der Waals surface area (Å²) in [5, 5.41) is 4.19. The molecule has 2 aliphatic rings. The Bertz CT molecular complexity index is 670. The van der Waals surface area contributed by atoms with Crippen LogP contribution in [-0.4, -0.2) is 30.1 Å². The van der Waals surface area contributed by atoms with Crippen LogP contribution in [0.2, 0.25) is 0 Å². The molecule has 1 aromatic heterocycles. The lowest BCUT2D eigenvalue weighted by Crippen LogP contribution is -2.46. The minimum absolute atomic E-state index is 0.0307. The number of likely N-dealkylation sites (tertiary alicyclic amines) is 1. The summed E-state index contributed by atoms with van der Waals surface area (Å²) >= 11 is 1.67. The number of hydrogen-bond acceptors (Lipinski definition) is 4. The number of nitrogens with zero attached hydrogens (tertiary/aromatic N) is 1. The van der Waals surface area contributed by atoms with Crippen molar-refractivity contribution < 1.29 is 14.3 Å². The molecule has 1 fully saturated rings. The van der Waals surface area contributed by atoms with Crippen molar-refractivity contribution in [3.63, 3.8) is 0 Å². The fourth-order valence-electron chi connectivity index (χ4n) is 3.17. The topological polar surface area (TPSA) is 38.8 Å². The number of fused-ring (bicyclic) bond motifs is 1. The Labute approximate surface area is 133 Å². The van der Waals surface area contributed by atoms with E-state index < -0.39 is 6.10 Å². The largest absolute Gasteiger partial charge is 0.485 e. The van der Waals surface area contributed by atoms with Crippen LogP contribution in [0.1, 0.15) is 24.4 Å². The number of ether oxygens (including phenoxy) is 2. The highest BCUT2D eigenvalue weighted by Gasteiger charge is 2.37. The van der Waals surface area contributed by atoms with Gasteiger partial charge in [0.05, 0.1) is 6.04 Å². The molecule has 0 aliphatic carbocycles. The third-order valence-corrected chi connectivity index (χ3v) is 4.95. The molecule has 1 amide bonds. The molecule has 114 valence electrons. The zero-order valence-corrected chi connectivity index (χ0v) is 12.9. The van der Waals surface area contributed by atoms with E-state index in [0.717, 1.165) is 19.4 Å². The Morgan fingerprint density at radius 3 is 2.91 bits per heavy atom. The summed E-state index contributed by atoms with van der Waals surface area (Å²) in [6, 6.07) is 9.78. The second kappa shape index (κ2) is 5.65. The number of carbonyl (C=O) groups excluding carboxylic acids is 1. The third kappa shape index (κ3) is 2.35. The highest BCUT2D eigenvalue weighted by atomic mass is 32.1. The van der Waals surface area contributed by atoms with E-state index in [1.165, 1.54) is 5.56 Å². The Hall–Kier alpha value is -2.01. The lowest BCUT2D eigenvalue weighted by molar-refractivity contribution is -0.142. The molecule has 5 heteroatoms. The van der Waals surface area contributed by atoms with E-state index in [0.29, 0.717) is 11.5 Å². The molecule has 0 spiro atoms. The summed E-state index contributed by atoms with van der Waals surface area (Å²) in [7, 11) is 0. The van der Waals surface area contributed by atoms with Crippen molar-refractivity contribution in [2.24, 2.45) is 0 Å². The SMILES string of the molecule is O=C([C@@H]1COc2ccccc2O1)N1CCC[C@H]1c1ccsc1. The maximum Gasteiger partial charge on any atom is 0.267 e. The van der Waals surface area contributed by atoms with Gasteiger partial charge in [0.25, 0.3) is 5.91 Å². The normalized spacial score (nSPS) is 23.5. The third-order valence-electron chi connectivity index (χ3n) is 4.25. The first-order valence-corrected chi connectivity index (χ1v) is 8.48. The predicted octanol–water partition coefficient (Wildman–Crippen LogP) is 3.25.